The van der Waals surface area contributed by atoms with Crippen LogP contribution < -0.4 is 20.7 Å². The lowest BCUT2D eigenvalue weighted by Gasteiger charge is -2.18. The van der Waals surface area contributed by atoms with Crippen LogP contribution >= 0.6 is 11.6 Å². The Bertz CT molecular complexity index is 842. The minimum Gasteiger partial charge on any atom is -0.496 e. The first-order valence-corrected chi connectivity index (χ1v) is 10.3. The highest BCUT2D eigenvalue weighted by atomic mass is 35.5. The molecule has 0 saturated heterocycles. The number of likely N-dealkylation sites (N-methyl/N-ethyl adjacent to an activating group) is 1. The Hall–Kier alpha value is -2.77. The van der Waals surface area contributed by atoms with Crippen molar-refractivity contribution >= 4 is 34.8 Å². The molecule has 7 nitrogen and oxygen atoms in total. The molecule has 0 aliphatic carbocycles. The van der Waals surface area contributed by atoms with Crippen LogP contribution in [0.25, 0.3) is 0 Å². The molecule has 2 amide bonds. The molecule has 0 aromatic heterocycles. The lowest BCUT2D eigenvalue weighted by molar-refractivity contribution is -0.114. The van der Waals surface area contributed by atoms with E-state index in [2.05, 4.69) is 34.7 Å². The normalized spacial score (nSPS) is 10.6. The third kappa shape index (κ3) is 6.93. The van der Waals surface area contributed by atoms with Gasteiger partial charge in [0.05, 0.1) is 29.9 Å². The fraction of sp³-hybridized carbons (Fsp3) is 0.364. The van der Waals surface area contributed by atoms with E-state index in [1.807, 2.05) is 30.3 Å². The van der Waals surface area contributed by atoms with Gasteiger partial charge in [-0.2, -0.15) is 0 Å². The van der Waals surface area contributed by atoms with Crippen molar-refractivity contribution in [1.29, 1.82) is 0 Å². The van der Waals surface area contributed by atoms with Crippen LogP contribution in [0.15, 0.2) is 42.5 Å². The summed E-state index contributed by atoms with van der Waals surface area (Å²) in [6.07, 6.45) is 0. The lowest BCUT2D eigenvalue weighted by Crippen LogP contribution is -2.35. The molecule has 30 heavy (non-hydrogen) atoms. The first-order valence-electron chi connectivity index (χ1n) is 9.95. The fourth-order valence-electron chi connectivity index (χ4n) is 2.89. The van der Waals surface area contributed by atoms with Gasteiger partial charge in [-0.3, -0.25) is 9.59 Å². The van der Waals surface area contributed by atoms with Gasteiger partial charge in [-0.05, 0) is 31.3 Å². The van der Waals surface area contributed by atoms with Crippen LogP contribution in [0, 0.1) is 0 Å². The van der Waals surface area contributed by atoms with Crippen LogP contribution in [0.5, 0.6) is 5.75 Å². The minimum atomic E-state index is -0.274. The molecule has 8 heteroatoms. The molecule has 0 fully saturated rings. The molecule has 0 radical (unpaired) electrons. The molecule has 0 unspecified atom stereocenters. The van der Waals surface area contributed by atoms with E-state index in [0.29, 0.717) is 23.5 Å². The first kappa shape index (κ1) is 23.5. The van der Waals surface area contributed by atoms with Gasteiger partial charge in [0.15, 0.2) is 0 Å². The molecular weight excluding hydrogens is 404 g/mol. The monoisotopic (exact) mass is 432 g/mol. The number of hydrogen-bond donors (Lipinski definition) is 3. The Morgan fingerprint density at radius 3 is 2.43 bits per heavy atom. The van der Waals surface area contributed by atoms with Crippen molar-refractivity contribution in [2.45, 2.75) is 13.8 Å². The summed E-state index contributed by atoms with van der Waals surface area (Å²) in [6.45, 7) is 7.37. The second-order valence-corrected chi connectivity index (χ2v) is 6.99. The average Bonchev–Trinajstić information content (AvgIpc) is 2.77. The van der Waals surface area contributed by atoms with E-state index in [4.69, 9.17) is 16.3 Å². The van der Waals surface area contributed by atoms with Gasteiger partial charge in [-0.25, -0.2) is 0 Å². The molecule has 0 aliphatic rings. The number of nitrogens with one attached hydrogen (secondary N) is 3. The molecule has 0 saturated carbocycles. The second-order valence-electron chi connectivity index (χ2n) is 6.58. The molecule has 0 spiro atoms. The van der Waals surface area contributed by atoms with Crippen molar-refractivity contribution in [1.82, 2.24) is 10.2 Å². The summed E-state index contributed by atoms with van der Waals surface area (Å²) in [5, 5.41) is 8.92. The maximum Gasteiger partial charge on any atom is 0.255 e. The summed E-state index contributed by atoms with van der Waals surface area (Å²) >= 11 is 6.31. The number of carbonyl (C=O) groups excluding carboxylic acids is 2. The molecule has 162 valence electrons. The maximum atomic E-state index is 12.6. The minimum absolute atomic E-state index is 0.0796. The van der Waals surface area contributed by atoms with Crippen molar-refractivity contribution in [3.63, 3.8) is 0 Å². The molecule has 3 N–H and O–H groups in total. The van der Waals surface area contributed by atoms with Crippen molar-refractivity contribution in [3.8, 4) is 5.75 Å². The summed E-state index contributed by atoms with van der Waals surface area (Å²) in [6, 6.07) is 12.5. The Morgan fingerprint density at radius 1 is 1.10 bits per heavy atom. The number of rotatable bonds is 11. The van der Waals surface area contributed by atoms with Gasteiger partial charge >= 0.3 is 0 Å². The molecular formula is C22H29ClN4O3. The van der Waals surface area contributed by atoms with Gasteiger partial charge in [0, 0.05) is 24.8 Å². The van der Waals surface area contributed by atoms with Crippen LogP contribution in [0.3, 0.4) is 0 Å². The van der Waals surface area contributed by atoms with Crippen molar-refractivity contribution in [3.05, 3.63) is 53.1 Å². The Kier molecular flexibility index (Phi) is 9.44. The highest BCUT2D eigenvalue weighted by Gasteiger charge is 2.17. The maximum absolute atomic E-state index is 12.6. The summed E-state index contributed by atoms with van der Waals surface area (Å²) in [5.41, 5.74) is 1.54. The molecule has 2 aromatic carbocycles. The van der Waals surface area contributed by atoms with Crippen LogP contribution in [0.2, 0.25) is 5.02 Å². The zero-order valence-electron chi connectivity index (χ0n) is 17.6. The summed E-state index contributed by atoms with van der Waals surface area (Å²) < 4.78 is 5.35. The fourth-order valence-corrected chi connectivity index (χ4v) is 3.10. The van der Waals surface area contributed by atoms with E-state index >= 15 is 0 Å². The van der Waals surface area contributed by atoms with Crippen LogP contribution in [0.4, 0.5) is 11.4 Å². The Morgan fingerprint density at radius 2 is 1.80 bits per heavy atom. The number of ether oxygens (including phenoxy) is 1. The SMILES string of the molecule is CCN(CC)CCNC(=O)c1cc(Cl)c(NC(=O)CNc2ccccc2)cc1OC. The van der Waals surface area contributed by atoms with Gasteiger partial charge in [0.1, 0.15) is 5.75 Å². The number of para-hydroxylation sites is 1. The topological polar surface area (TPSA) is 82.7 Å². The molecule has 0 bridgehead atoms. The number of halogens is 1. The number of anilines is 2. The molecule has 0 atom stereocenters. The number of amides is 2. The predicted molar refractivity (Wildman–Crippen MR) is 122 cm³/mol. The van der Waals surface area contributed by atoms with E-state index in [1.165, 1.54) is 13.2 Å². The number of hydrogen-bond acceptors (Lipinski definition) is 5. The predicted octanol–water partition coefficient (Wildman–Crippen LogP) is 3.47. The van der Waals surface area contributed by atoms with Gasteiger partial charge in [0.25, 0.3) is 5.91 Å². The first-order chi connectivity index (χ1) is 14.5. The van der Waals surface area contributed by atoms with Gasteiger partial charge in [-0.1, -0.05) is 43.6 Å². The van der Waals surface area contributed by atoms with Crippen molar-refractivity contribution < 1.29 is 14.3 Å². The molecule has 2 rings (SSSR count). The van der Waals surface area contributed by atoms with E-state index in [9.17, 15) is 9.59 Å². The summed E-state index contributed by atoms with van der Waals surface area (Å²) in [5.74, 6) is -0.199. The van der Waals surface area contributed by atoms with Gasteiger partial charge in [-0.15, -0.1) is 0 Å². The summed E-state index contributed by atoms with van der Waals surface area (Å²) in [7, 11) is 1.47. The van der Waals surface area contributed by atoms with Crippen LogP contribution in [0.1, 0.15) is 24.2 Å². The van der Waals surface area contributed by atoms with E-state index in [1.54, 1.807) is 6.07 Å². The van der Waals surface area contributed by atoms with Gasteiger partial charge in [0.2, 0.25) is 5.91 Å². The largest absolute Gasteiger partial charge is 0.496 e. The zero-order valence-corrected chi connectivity index (χ0v) is 18.4. The van der Waals surface area contributed by atoms with Crippen molar-refractivity contribution in [2.75, 3.05) is 50.5 Å². The van der Waals surface area contributed by atoms with E-state index < -0.39 is 0 Å². The molecule has 0 heterocycles. The average molecular weight is 433 g/mol. The van der Waals surface area contributed by atoms with Crippen LogP contribution in [-0.4, -0.2) is 56.5 Å². The smallest absolute Gasteiger partial charge is 0.255 e. The number of benzene rings is 2. The molecule has 2 aromatic rings. The second kappa shape index (κ2) is 12.0. The number of carbonyl (C=O) groups is 2. The third-order valence-corrected chi connectivity index (χ3v) is 4.96. The van der Waals surface area contributed by atoms with Gasteiger partial charge < -0.3 is 25.6 Å². The zero-order chi connectivity index (χ0) is 21.9. The Balaban J connectivity index is 2.00. The van der Waals surface area contributed by atoms with Crippen molar-refractivity contribution in [2.24, 2.45) is 0 Å². The summed E-state index contributed by atoms with van der Waals surface area (Å²) in [4.78, 5) is 27.0. The highest BCUT2D eigenvalue weighted by Crippen LogP contribution is 2.31. The number of nitrogens with zero attached hydrogens (tertiary/aromatic N) is 1. The van der Waals surface area contributed by atoms with Crippen LogP contribution in [-0.2, 0) is 4.79 Å². The highest BCUT2D eigenvalue weighted by molar-refractivity contribution is 6.34. The lowest BCUT2D eigenvalue weighted by atomic mass is 10.1. The third-order valence-electron chi connectivity index (χ3n) is 4.64. The standard InChI is InChI=1S/C22H29ClN4O3/c1-4-27(5-2)12-11-24-22(29)17-13-18(23)19(14-20(17)30-3)26-21(28)15-25-16-9-7-6-8-10-16/h6-10,13-14,25H,4-5,11-12,15H2,1-3H3,(H,24,29)(H,26,28). The molecule has 0 aliphatic heterocycles. The Labute approximate surface area is 182 Å². The number of methoxy groups -OCH3 is 1. The quantitative estimate of drug-likeness (QED) is 0.506. The van der Waals surface area contributed by atoms with E-state index in [0.717, 1.165) is 25.3 Å². The van der Waals surface area contributed by atoms with E-state index in [-0.39, 0.29) is 23.4 Å².